The van der Waals surface area contributed by atoms with E-state index in [4.69, 9.17) is 0 Å². The SMILES string of the molecule is C=CC(O)CC1NCCN(Cc2ccc(F)cc2)C1=C=O. The van der Waals surface area contributed by atoms with Crippen LogP contribution in [0.2, 0.25) is 0 Å². The summed E-state index contributed by atoms with van der Waals surface area (Å²) in [6, 6.07) is 5.96. The van der Waals surface area contributed by atoms with Gasteiger partial charge in [0.15, 0.2) is 0 Å². The smallest absolute Gasteiger partial charge is 0.147 e. The topological polar surface area (TPSA) is 52.6 Å². The number of benzene rings is 1. The quantitative estimate of drug-likeness (QED) is 0.633. The van der Waals surface area contributed by atoms with Gasteiger partial charge in [0.1, 0.15) is 17.5 Å². The highest BCUT2D eigenvalue weighted by Gasteiger charge is 2.27. The number of carbonyl (C=O) groups excluding carboxylic acids is 1. The van der Waals surface area contributed by atoms with Gasteiger partial charge >= 0.3 is 0 Å². The Hall–Kier alpha value is -1.94. The Kier molecular flexibility index (Phi) is 5.28. The van der Waals surface area contributed by atoms with Gasteiger partial charge in [-0.2, -0.15) is 0 Å². The van der Waals surface area contributed by atoms with Gasteiger partial charge in [-0.3, -0.25) is 0 Å². The number of hydrogen-bond acceptors (Lipinski definition) is 4. The Labute approximate surface area is 123 Å². The minimum atomic E-state index is -0.670. The van der Waals surface area contributed by atoms with Crippen LogP contribution in [-0.4, -0.2) is 41.2 Å². The normalized spacial score (nSPS) is 20.0. The Morgan fingerprint density at radius 1 is 1.52 bits per heavy atom. The molecule has 2 N–H and O–H groups in total. The molecule has 0 aromatic heterocycles. The molecule has 21 heavy (non-hydrogen) atoms. The van der Waals surface area contributed by atoms with Crippen molar-refractivity contribution in [2.75, 3.05) is 13.1 Å². The van der Waals surface area contributed by atoms with E-state index in [-0.39, 0.29) is 11.9 Å². The van der Waals surface area contributed by atoms with Crippen molar-refractivity contribution in [3.05, 3.63) is 54.0 Å². The molecule has 5 heteroatoms. The van der Waals surface area contributed by atoms with Crippen LogP contribution in [0.3, 0.4) is 0 Å². The highest BCUT2D eigenvalue weighted by Crippen LogP contribution is 2.19. The molecule has 2 atom stereocenters. The van der Waals surface area contributed by atoms with Crippen LogP contribution in [0, 0.1) is 5.82 Å². The van der Waals surface area contributed by atoms with Crippen molar-refractivity contribution in [3.63, 3.8) is 0 Å². The molecule has 2 unspecified atom stereocenters. The van der Waals surface area contributed by atoms with Crippen molar-refractivity contribution in [3.8, 4) is 0 Å². The van der Waals surface area contributed by atoms with Gasteiger partial charge in [-0.25, -0.2) is 9.18 Å². The van der Waals surface area contributed by atoms with E-state index in [0.717, 1.165) is 5.56 Å². The first-order valence-electron chi connectivity index (χ1n) is 6.92. The first kappa shape index (κ1) is 15.4. The predicted octanol–water partition coefficient (Wildman–Crippen LogP) is 1.25. The van der Waals surface area contributed by atoms with Crippen LogP contribution in [0.1, 0.15) is 12.0 Å². The lowest BCUT2D eigenvalue weighted by atomic mass is 10.0. The molecular formula is C16H19FN2O2. The zero-order valence-corrected chi connectivity index (χ0v) is 11.8. The third-order valence-corrected chi connectivity index (χ3v) is 3.58. The fraction of sp³-hybridized carbons (Fsp3) is 0.375. The zero-order chi connectivity index (χ0) is 15.2. The monoisotopic (exact) mass is 290 g/mol. The van der Waals surface area contributed by atoms with Crippen LogP contribution < -0.4 is 5.32 Å². The summed E-state index contributed by atoms with van der Waals surface area (Å²) in [5, 5.41) is 12.9. The Morgan fingerprint density at radius 2 is 2.24 bits per heavy atom. The van der Waals surface area contributed by atoms with Crippen molar-refractivity contribution in [2.45, 2.75) is 25.1 Å². The average Bonchev–Trinajstić information content (AvgIpc) is 2.50. The minimum Gasteiger partial charge on any atom is -0.389 e. The molecule has 1 heterocycles. The number of aliphatic hydroxyl groups is 1. The second-order valence-corrected chi connectivity index (χ2v) is 5.08. The maximum absolute atomic E-state index is 12.9. The predicted molar refractivity (Wildman–Crippen MR) is 78.6 cm³/mol. The summed E-state index contributed by atoms with van der Waals surface area (Å²) < 4.78 is 12.9. The third kappa shape index (κ3) is 4.02. The fourth-order valence-electron chi connectivity index (χ4n) is 2.45. The molecule has 0 radical (unpaired) electrons. The van der Waals surface area contributed by atoms with E-state index in [0.29, 0.717) is 31.8 Å². The van der Waals surface area contributed by atoms with E-state index in [1.165, 1.54) is 18.2 Å². The summed E-state index contributed by atoms with van der Waals surface area (Å²) in [5.74, 6) is 1.70. The van der Waals surface area contributed by atoms with Gasteiger partial charge in [-0.05, 0) is 24.1 Å². The molecule has 4 nitrogen and oxygen atoms in total. The van der Waals surface area contributed by atoms with E-state index in [1.54, 1.807) is 12.1 Å². The largest absolute Gasteiger partial charge is 0.389 e. The summed E-state index contributed by atoms with van der Waals surface area (Å²) in [5.41, 5.74) is 1.42. The first-order valence-corrected chi connectivity index (χ1v) is 6.92. The average molecular weight is 290 g/mol. The second kappa shape index (κ2) is 7.18. The standard InChI is InChI=1S/C16H19FN2O2/c1-2-14(21)9-15-16(11-20)19(8-7-18-15)10-12-3-5-13(17)6-4-12/h2-6,14-15,18,21H,1,7-10H2. The highest BCUT2D eigenvalue weighted by atomic mass is 19.1. The number of halogens is 1. The molecule has 0 saturated carbocycles. The molecule has 0 spiro atoms. The van der Waals surface area contributed by atoms with E-state index in [1.807, 2.05) is 10.8 Å². The van der Waals surface area contributed by atoms with Gasteiger partial charge in [0.25, 0.3) is 0 Å². The number of piperazine rings is 1. The van der Waals surface area contributed by atoms with Crippen LogP contribution in [0.25, 0.3) is 0 Å². The van der Waals surface area contributed by atoms with E-state index in [2.05, 4.69) is 11.9 Å². The molecular weight excluding hydrogens is 271 g/mol. The zero-order valence-electron chi connectivity index (χ0n) is 11.8. The van der Waals surface area contributed by atoms with E-state index < -0.39 is 6.10 Å². The van der Waals surface area contributed by atoms with E-state index in [9.17, 15) is 14.3 Å². The van der Waals surface area contributed by atoms with Crippen LogP contribution >= 0.6 is 0 Å². The van der Waals surface area contributed by atoms with Gasteiger partial charge in [0.2, 0.25) is 0 Å². The number of nitrogens with zero attached hydrogens (tertiary/aromatic N) is 1. The molecule has 0 bridgehead atoms. The summed E-state index contributed by atoms with van der Waals surface area (Å²) in [4.78, 5) is 13.2. The van der Waals surface area contributed by atoms with Crippen molar-refractivity contribution in [1.82, 2.24) is 10.2 Å². The van der Waals surface area contributed by atoms with Gasteiger partial charge in [-0.1, -0.05) is 18.2 Å². The van der Waals surface area contributed by atoms with Gasteiger partial charge in [0, 0.05) is 19.6 Å². The van der Waals surface area contributed by atoms with Crippen LogP contribution in [0.5, 0.6) is 0 Å². The lowest BCUT2D eigenvalue weighted by Gasteiger charge is -2.36. The molecule has 1 aromatic rings. The van der Waals surface area contributed by atoms with Gasteiger partial charge in [0.05, 0.1) is 12.1 Å². The third-order valence-electron chi connectivity index (χ3n) is 3.58. The van der Waals surface area contributed by atoms with Crippen molar-refractivity contribution in [1.29, 1.82) is 0 Å². The Balaban J connectivity index is 2.09. The molecule has 2 rings (SSSR count). The number of rotatable bonds is 5. The summed E-state index contributed by atoms with van der Waals surface area (Å²) >= 11 is 0. The second-order valence-electron chi connectivity index (χ2n) is 5.08. The Morgan fingerprint density at radius 3 is 2.86 bits per heavy atom. The Bertz CT molecular complexity index is 538. The van der Waals surface area contributed by atoms with Crippen LogP contribution in [0.4, 0.5) is 4.39 Å². The van der Waals surface area contributed by atoms with Gasteiger partial charge < -0.3 is 15.3 Å². The lowest BCUT2D eigenvalue weighted by molar-refractivity contribution is 0.175. The molecule has 112 valence electrons. The minimum absolute atomic E-state index is 0.246. The highest BCUT2D eigenvalue weighted by molar-refractivity contribution is 5.54. The van der Waals surface area contributed by atoms with Crippen LogP contribution in [-0.2, 0) is 11.3 Å². The molecule has 1 aromatic carbocycles. The number of nitrogens with one attached hydrogen (secondary N) is 1. The maximum atomic E-state index is 12.9. The first-order chi connectivity index (χ1) is 10.1. The molecule has 0 aliphatic carbocycles. The van der Waals surface area contributed by atoms with Crippen molar-refractivity contribution < 1.29 is 14.3 Å². The van der Waals surface area contributed by atoms with Crippen molar-refractivity contribution in [2.24, 2.45) is 0 Å². The fourth-order valence-corrected chi connectivity index (χ4v) is 2.45. The molecule has 1 aliphatic heterocycles. The van der Waals surface area contributed by atoms with Gasteiger partial charge in [-0.15, -0.1) is 6.58 Å². The van der Waals surface area contributed by atoms with Crippen molar-refractivity contribution >= 4 is 5.94 Å². The van der Waals surface area contributed by atoms with Crippen LogP contribution in [0.15, 0.2) is 42.6 Å². The maximum Gasteiger partial charge on any atom is 0.147 e. The lowest BCUT2D eigenvalue weighted by Crippen LogP contribution is -2.49. The number of aliphatic hydroxyl groups excluding tert-OH is 1. The number of hydrogen-bond donors (Lipinski definition) is 2. The molecule has 1 saturated heterocycles. The van der Waals surface area contributed by atoms with E-state index >= 15 is 0 Å². The summed E-state index contributed by atoms with van der Waals surface area (Å²) in [6.07, 6.45) is 1.16. The molecule has 0 amide bonds. The summed E-state index contributed by atoms with van der Waals surface area (Å²) in [7, 11) is 0. The molecule has 1 aliphatic rings. The summed E-state index contributed by atoms with van der Waals surface area (Å²) in [6.45, 7) is 5.44. The molecule has 1 fully saturated rings.